The van der Waals surface area contributed by atoms with Gasteiger partial charge in [-0.15, -0.1) is 0 Å². The Morgan fingerprint density at radius 1 is 0.423 bits per heavy atom. The van der Waals surface area contributed by atoms with Crippen LogP contribution in [0.1, 0.15) is 45.6 Å². The van der Waals surface area contributed by atoms with Crippen LogP contribution in [0.25, 0.3) is 0 Å². The predicted molar refractivity (Wildman–Crippen MR) is 259 cm³/mol. The highest BCUT2D eigenvalue weighted by molar-refractivity contribution is 5.75. The average molecular weight is 995 g/mol. The molecule has 3 unspecified atom stereocenters. The molecule has 0 radical (unpaired) electrons. The molecular weight excluding hydrogens is 933 g/mol. The van der Waals surface area contributed by atoms with Crippen molar-refractivity contribution in [2.75, 3.05) is 55.4 Å². The summed E-state index contributed by atoms with van der Waals surface area (Å²) < 4.78 is 50.6. The number of methoxy groups -OCH3 is 5. The fourth-order valence-electron chi connectivity index (χ4n) is 4.96. The maximum Gasteiger partial charge on any atom is 0.344 e. The standard InChI is InChI=1S/C11H14O5.C11H14O4.C10H12O4.C10H12O3.C9H10O4/c1-14-9-4-3-8(7-10(9)15-2)16-6-5-11(12)13;1-3-14-9-4-6-10(7-5-9)15-8(2)11(12)13;1-7(10(11)12)14-9-5-3-8(13-2)4-6-9;1-7(10(11)12)8-3-5-9(13-2)6-4-8;1-12-7-2-4-8(5-3-7)13-6-9(10)11/h3-4,7H,5-6H2,1-2H3,(H,12,13);4-8H,3H2,1-2H3,(H,12,13);3-7H,1-2H3,(H,11,12);3-7H,1-2H3,(H,11,12);2-5H,6H2,1H3,(H,10,11). The van der Waals surface area contributed by atoms with Crippen molar-refractivity contribution < 1.29 is 96.9 Å². The first-order valence-corrected chi connectivity index (χ1v) is 21.4. The topological polar surface area (TPSA) is 279 Å². The molecule has 0 aliphatic heterocycles. The maximum atomic E-state index is 10.6. The van der Waals surface area contributed by atoms with Crippen LogP contribution < -0.4 is 47.4 Å². The van der Waals surface area contributed by atoms with Gasteiger partial charge in [-0.3, -0.25) is 9.59 Å². The van der Waals surface area contributed by atoms with Crippen molar-refractivity contribution in [3.63, 3.8) is 0 Å². The lowest BCUT2D eigenvalue weighted by Gasteiger charge is -2.10. The summed E-state index contributed by atoms with van der Waals surface area (Å²) >= 11 is 0. The van der Waals surface area contributed by atoms with E-state index >= 15 is 0 Å². The zero-order valence-corrected chi connectivity index (χ0v) is 40.9. The molecule has 0 spiro atoms. The number of benzene rings is 5. The molecule has 71 heavy (non-hydrogen) atoms. The second-order valence-electron chi connectivity index (χ2n) is 14.0. The quantitative estimate of drug-likeness (QED) is 0.0438. The first-order chi connectivity index (χ1) is 33.8. The van der Waals surface area contributed by atoms with E-state index in [1.807, 2.05) is 6.92 Å². The Bertz CT molecular complexity index is 2320. The van der Waals surface area contributed by atoms with E-state index in [1.54, 1.807) is 151 Å². The second-order valence-corrected chi connectivity index (χ2v) is 14.0. The number of hydrogen-bond donors (Lipinski definition) is 5. The molecule has 20 nitrogen and oxygen atoms in total. The molecule has 386 valence electrons. The Hall–Kier alpha value is -8.55. The van der Waals surface area contributed by atoms with Gasteiger partial charge < -0.3 is 72.9 Å². The predicted octanol–water partition coefficient (Wildman–Crippen LogP) is 8.08. The third-order valence-corrected chi connectivity index (χ3v) is 8.86. The van der Waals surface area contributed by atoms with Gasteiger partial charge in [-0.25, -0.2) is 14.4 Å². The summed E-state index contributed by atoms with van der Waals surface area (Å²) in [6.07, 6.45) is -1.72. The van der Waals surface area contributed by atoms with Gasteiger partial charge >= 0.3 is 29.8 Å². The van der Waals surface area contributed by atoms with Crippen molar-refractivity contribution in [3.8, 4) is 57.5 Å². The number of ether oxygens (including phenoxy) is 10. The van der Waals surface area contributed by atoms with Gasteiger partial charge in [-0.05, 0) is 130 Å². The summed E-state index contributed by atoms with van der Waals surface area (Å²) in [5.74, 6) is 1.04. The van der Waals surface area contributed by atoms with E-state index in [0.717, 1.165) is 17.1 Å². The van der Waals surface area contributed by atoms with Crippen LogP contribution in [-0.2, 0) is 24.0 Å². The molecule has 0 fully saturated rings. The molecule has 5 aromatic carbocycles. The van der Waals surface area contributed by atoms with Gasteiger partial charge in [0.15, 0.2) is 30.3 Å². The van der Waals surface area contributed by atoms with Crippen molar-refractivity contribution >= 4 is 29.8 Å². The van der Waals surface area contributed by atoms with Gasteiger partial charge in [-0.2, -0.15) is 0 Å². The minimum atomic E-state index is -0.990. The van der Waals surface area contributed by atoms with Crippen LogP contribution in [0.15, 0.2) is 115 Å². The first kappa shape index (κ1) is 60.5. The monoisotopic (exact) mass is 994 g/mol. The van der Waals surface area contributed by atoms with Gasteiger partial charge in [-0.1, -0.05) is 12.1 Å². The lowest BCUT2D eigenvalue weighted by atomic mass is 10.0. The summed E-state index contributed by atoms with van der Waals surface area (Å²) in [6.45, 7) is 6.93. The zero-order chi connectivity index (χ0) is 53.3. The molecule has 5 N–H and O–H groups in total. The van der Waals surface area contributed by atoms with Crippen molar-refractivity contribution in [1.82, 2.24) is 0 Å². The summed E-state index contributed by atoms with van der Waals surface area (Å²) in [6, 6.07) is 32.4. The Balaban J connectivity index is 0.000000445. The van der Waals surface area contributed by atoms with Gasteiger partial charge in [0, 0.05) is 6.07 Å². The SMILES string of the molecule is CCOc1ccc(OC(C)C(=O)O)cc1.COc1ccc(C(C)C(=O)O)cc1.COc1ccc(OC(C)C(=O)O)cc1.COc1ccc(OCC(=O)O)cc1.COc1ccc(OCCC(=O)O)cc1OC. The number of rotatable bonds is 22. The third kappa shape index (κ3) is 25.4. The number of carbonyl (C=O) groups is 5. The normalized spacial score (nSPS) is 10.9. The molecule has 0 aliphatic carbocycles. The second kappa shape index (κ2) is 33.8. The maximum absolute atomic E-state index is 10.6. The molecule has 0 saturated heterocycles. The number of carboxylic acid groups (broad SMARTS) is 5. The molecule has 0 aliphatic rings. The van der Waals surface area contributed by atoms with Gasteiger partial charge in [0.05, 0.1) is 61.1 Å². The molecule has 0 saturated carbocycles. The van der Waals surface area contributed by atoms with Crippen LogP contribution in [0.5, 0.6) is 57.5 Å². The van der Waals surface area contributed by atoms with E-state index in [0.29, 0.717) is 52.6 Å². The smallest absolute Gasteiger partial charge is 0.344 e. The Kier molecular flexibility index (Phi) is 28.8. The minimum absolute atomic E-state index is 0.0334. The molecule has 5 rings (SSSR count). The Morgan fingerprint density at radius 2 is 0.803 bits per heavy atom. The number of aliphatic carboxylic acids is 5. The molecule has 0 bridgehead atoms. The molecular formula is C51H62O20. The van der Waals surface area contributed by atoms with Gasteiger partial charge in [0.1, 0.15) is 46.0 Å². The van der Waals surface area contributed by atoms with E-state index in [9.17, 15) is 24.0 Å². The Labute approximate surface area is 411 Å². The Morgan fingerprint density at radius 3 is 1.15 bits per heavy atom. The molecule has 20 heteroatoms. The van der Waals surface area contributed by atoms with Crippen LogP contribution in [-0.4, -0.2) is 123 Å². The van der Waals surface area contributed by atoms with E-state index in [2.05, 4.69) is 0 Å². The van der Waals surface area contributed by atoms with Crippen molar-refractivity contribution in [2.45, 2.75) is 52.2 Å². The van der Waals surface area contributed by atoms with Crippen LogP contribution in [0.3, 0.4) is 0 Å². The van der Waals surface area contributed by atoms with Crippen molar-refractivity contribution in [3.05, 3.63) is 121 Å². The van der Waals surface area contributed by atoms with Crippen LogP contribution >= 0.6 is 0 Å². The molecule has 5 aromatic rings. The zero-order valence-electron chi connectivity index (χ0n) is 40.9. The van der Waals surface area contributed by atoms with E-state index < -0.39 is 48.0 Å². The lowest BCUT2D eigenvalue weighted by molar-refractivity contribution is -0.145. The highest BCUT2D eigenvalue weighted by Gasteiger charge is 2.14. The summed E-state index contributed by atoms with van der Waals surface area (Å²) in [7, 11) is 7.78. The summed E-state index contributed by atoms with van der Waals surface area (Å²) in [5, 5.41) is 42.7. The molecule has 0 amide bonds. The fraction of sp³-hybridized carbons (Fsp3) is 0.314. The highest BCUT2D eigenvalue weighted by Crippen LogP contribution is 2.31. The summed E-state index contributed by atoms with van der Waals surface area (Å²) in [4.78, 5) is 52.1. The third-order valence-electron chi connectivity index (χ3n) is 8.86. The average Bonchev–Trinajstić information content (AvgIpc) is 3.37. The minimum Gasteiger partial charge on any atom is -0.497 e. The van der Waals surface area contributed by atoms with Crippen LogP contribution in [0, 0.1) is 0 Å². The van der Waals surface area contributed by atoms with Gasteiger partial charge in [0.25, 0.3) is 0 Å². The van der Waals surface area contributed by atoms with E-state index in [1.165, 1.54) is 21.0 Å². The largest absolute Gasteiger partial charge is 0.497 e. The highest BCUT2D eigenvalue weighted by atomic mass is 16.5. The number of hydrogen-bond acceptors (Lipinski definition) is 15. The lowest BCUT2D eigenvalue weighted by Crippen LogP contribution is -2.22. The van der Waals surface area contributed by atoms with E-state index in [-0.39, 0.29) is 19.6 Å². The fourth-order valence-corrected chi connectivity index (χ4v) is 4.96. The van der Waals surface area contributed by atoms with E-state index in [4.69, 9.17) is 72.9 Å². The van der Waals surface area contributed by atoms with Gasteiger partial charge in [0.2, 0.25) is 0 Å². The van der Waals surface area contributed by atoms with Crippen molar-refractivity contribution in [2.24, 2.45) is 0 Å². The molecule has 3 atom stereocenters. The van der Waals surface area contributed by atoms with Crippen LogP contribution in [0.2, 0.25) is 0 Å². The first-order valence-electron chi connectivity index (χ1n) is 21.4. The molecule has 0 heterocycles. The summed E-state index contributed by atoms with van der Waals surface area (Å²) in [5.41, 5.74) is 0.785. The van der Waals surface area contributed by atoms with Crippen molar-refractivity contribution in [1.29, 1.82) is 0 Å². The number of carboxylic acids is 5. The molecule has 0 aromatic heterocycles. The van der Waals surface area contributed by atoms with Crippen LogP contribution in [0.4, 0.5) is 0 Å².